The average molecular weight is 254 g/mol. The van der Waals surface area contributed by atoms with E-state index in [1.165, 1.54) is 25.3 Å². The SMILES string of the molecule is CC1CC(C)CC(Sc2ccc(C(=O)O)o2)C1. The summed E-state index contributed by atoms with van der Waals surface area (Å²) in [6.45, 7) is 4.57. The molecule has 1 aromatic rings. The lowest BCUT2D eigenvalue weighted by molar-refractivity contribution is 0.0656. The number of furan rings is 1. The lowest BCUT2D eigenvalue weighted by Crippen LogP contribution is -2.21. The second-order valence-electron chi connectivity index (χ2n) is 5.08. The van der Waals surface area contributed by atoms with Crippen LogP contribution in [-0.2, 0) is 0 Å². The number of hydrogen-bond donors (Lipinski definition) is 1. The molecule has 0 radical (unpaired) electrons. The van der Waals surface area contributed by atoms with Crippen molar-refractivity contribution in [2.24, 2.45) is 11.8 Å². The molecular weight excluding hydrogens is 236 g/mol. The van der Waals surface area contributed by atoms with E-state index in [1.54, 1.807) is 17.8 Å². The van der Waals surface area contributed by atoms with Crippen LogP contribution in [0.5, 0.6) is 0 Å². The summed E-state index contributed by atoms with van der Waals surface area (Å²) in [5, 5.41) is 10.1. The van der Waals surface area contributed by atoms with E-state index in [0.29, 0.717) is 5.25 Å². The Morgan fingerprint density at radius 1 is 1.29 bits per heavy atom. The molecule has 17 heavy (non-hydrogen) atoms. The van der Waals surface area contributed by atoms with Gasteiger partial charge in [-0.15, -0.1) is 0 Å². The summed E-state index contributed by atoms with van der Waals surface area (Å²) in [4.78, 5) is 10.7. The van der Waals surface area contributed by atoms with Gasteiger partial charge in [0.25, 0.3) is 0 Å². The normalized spacial score (nSPS) is 29.2. The van der Waals surface area contributed by atoms with Gasteiger partial charge < -0.3 is 9.52 Å². The van der Waals surface area contributed by atoms with Crippen molar-refractivity contribution in [2.75, 3.05) is 0 Å². The van der Waals surface area contributed by atoms with Gasteiger partial charge in [0.1, 0.15) is 0 Å². The fraction of sp³-hybridized carbons (Fsp3) is 0.615. The van der Waals surface area contributed by atoms with Crippen LogP contribution >= 0.6 is 11.8 Å². The van der Waals surface area contributed by atoms with E-state index >= 15 is 0 Å². The molecule has 1 heterocycles. The van der Waals surface area contributed by atoms with Gasteiger partial charge in [-0.2, -0.15) is 0 Å². The molecule has 1 saturated carbocycles. The smallest absolute Gasteiger partial charge is 0.371 e. The molecular formula is C13H18O3S. The zero-order chi connectivity index (χ0) is 12.4. The maximum absolute atomic E-state index is 10.7. The molecule has 0 saturated heterocycles. The van der Waals surface area contributed by atoms with Crippen molar-refractivity contribution in [3.05, 3.63) is 17.9 Å². The minimum Gasteiger partial charge on any atom is -0.475 e. The third-order valence-electron chi connectivity index (χ3n) is 3.21. The van der Waals surface area contributed by atoms with E-state index in [9.17, 15) is 4.79 Å². The summed E-state index contributed by atoms with van der Waals surface area (Å²) >= 11 is 1.68. The van der Waals surface area contributed by atoms with Crippen LogP contribution in [0.2, 0.25) is 0 Å². The first-order chi connectivity index (χ1) is 8.04. The Morgan fingerprint density at radius 3 is 2.47 bits per heavy atom. The van der Waals surface area contributed by atoms with Crippen LogP contribution in [0.25, 0.3) is 0 Å². The number of hydrogen-bond acceptors (Lipinski definition) is 3. The first-order valence-corrected chi connectivity index (χ1v) is 6.92. The van der Waals surface area contributed by atoms with Crippen LogP contribution in [0.15, 0.2) is 21.6 Å². The fourth-order valence-corrected chi connectivity index (χ4v) is 4.09. The maximum Gasteiger partial charge on any atom is 0.371 e. The molecule has 2 atom stereocenters. The number of aromatic carboxylic acids is 1. The molecule has 1 aromatic heterocycles. The molecule has 4 heteroatoms. The van der Waals surface area contributed by atoms with Gasteiger partial charge in [-0.3, -0.25) is 0 Å². The van der Waals surface area contributed by atoms with Crippen molar-refractivity contribution in [1.29, 1.82) is 0 Å². The summed E-state index contributed by atoms with van der Waals surface area (Å²) in [6.07, 6.45) is 3.69. The minimum atomic E-state index is -0.998. The number of carbonyl (C=O) groups is 1. The highest BCUT2D eigenvalue weighted by Gasteiger charge is 2.25. The van der Waals surface area contributed by atoms with Gasteiger partial charge >= 0.3 is 5.97 Å². The molecule has 0 aliphatic heterocycles. The highest BCUT2D eigenvalue weighted by atomic mass is 32.2. The van der Waals surface area contributed by atoms with Crippen molar-refractivity contribution < 1.29 is 14.3 Å². The first kappa shape index (κ1) is 12.6. The van der Waals surface area contributed by atoms with Gasteiger partial charge in [-0.25, -0.2) is 4.79 Å². The Balaban J connectivity index is 1.97. The van der Waals surface area contributed by atoms with E-state index in [4.69, 9.17) is 9.52 Å². The third kappa shape index (κ3) is 3.28. The molecule has 0 amide bonds. The molecule has 0 bridgehead atoms. The largest absolute Gasteiger partial charge is 0.475 e. The molecule has 2 unspecified atom stereocenters. The predicted molar refractivity (Wildman–Crippen MR) is 67.5 cm³/mol. The standard InChI is InChI=1S/C13H18O3S/c1-8-5-9(2)7-10(6-8)17-12-4-3-11(16-12)13(14)15/h3-4,8-10H,5-7H2,1-2H3,(H,14,15). The van der Waals surface area contributed by atoms with Crippen LogP contribution in [0, 0.1) is 11.8 Å². The summed E-state index contributed by atoms with van der Waals surface area (Å²) in [7, 11) is 0. The predicted octanol–water partition coefficient (Wildman–Crippen LogP) is 3.89. The molecule has 1 aliphatic carbocycles. The zero-order valence-electron chi connectivity index (χ0n) is 10.2. The second-order valence-corrected chi connectivity index (χ2v) is 6.39. The summed E-state index contributed by atoms with van der Waals surface area (Å²) < 4.78 is 5.28. The minimum absolute atomic E-state index is 0.0319. The van der Waals surface area contributed by atoms with Gasteiger partial charge in [0.05, 0.1) is 0 Å². The zero-order valence-corrected chi connectivity index (χ0v) is 11.0. The Hall–Kier alpha value is -0.900. The van der Waals surface area contributed by atoms with Crippen molar-refractivity contribution in [1.82, 2.24) is 0 Å². The molecule has 2 rings (SSSR count). The number of carboxylic acid groups (broad SMARTS) is 1. The van der Waals surface area contributed by atoms with E-state index in [0.717, 1.165) is 16.9 Å². The van der Waals surface area contributed by atoms with Crippen LogP contribution in [0.4, 0.5) is 0 Å². The van der Waals surface area contributed by atoms with E-state index in [-0.39, 0.29) is 5.76 Å². The number of thioether (sulfide) groups is 1. The van der Waals surface area contributed by atoms with Gasteiger partial charge in [0, 0.05) is 5.25 Å². The van der Waals surface area contributed by atoms with Crippen LogP contribution in [0.3, 0.4) is 0 Å². The maximum atomic E-state index is 10.7. The van der Waals surface area contributed by atoms with E-state index in [2.05, 4.69) is 13.8 Å². The number of carboxylic acids is 1. The monoisotopic (exact) mass is 254 g/mol. The first-order valence-electron chi connectivity index (χ1n) is 6.04. The van der Waals surface area contributed by atoms with Crippen LogP contribution < -0.4 is 0 Å². The molecule has 1 N–H and O–H groups in total. The van der Waals surface area contributed by atoms with Gasteiger partial charge in [-0.1, -0.05) is 25.6 Å². The Kier molecular flexibility index (Phi) is 3.82. The molecule has 1 fully saturated rings. The molecule has 1 aliphatic rings. The van der Waals surface area contributed by atoms with Crippen LogP contribution in [-0.4, -0.2) is 16.3 Å². The van der Waals surface area contributed by atoms with E-state index in [1.807, 2.05) is 0 Å². The third-order valence-corrected chi connectivity index (χ3v) is 4.38. The molecule has 0 spiro atoms. The Labute approximate surface area is 106 Å². The van der Waals surface area contributed by atoms with Crippen molar-refractivity contribution in [2.45, 2.75) is 43.5 Å². The van der Waals surface area contributed by atoms with Crippen LogP contribution in [0.1, 0.15) is 43.7 Å². The summed E-state index contributed by atoms with van der Waals surface area (Å²) in [5.41, 5.74) is 0. The van der Waals surface area contributed by atoms with Gasteiger partial charge in [-0.05, 0) is 43.2 Å². The van der Waals surface area contributed by atoms with Gasteiger partial charge in [0.2, 0.25) is 5.76 Å². The quantitative estimate of drug-likeness (QED) is 0.889. The molecule has 3 nitrogen and oxygen atoms in total. The van der Waals surface area contributed by atoms with Crippen molar-refractivity contribution in [3.8, 4) is 0 Å². The number of rotatable bonds is 3. The summed E-state index contributed by atoms with van der Waals surface area (Å²) in [5.74, 6) is 0.543. The van der Waals surface area contributed by atoms with Gasteiger partial charge in [0.15, 0.2) is 5.09 Å². The topological polar surface area (TPSA) is 50.4 Å². The van der Waals surface area contributed by atoms with E-state index < -0.39 is 5.97 Å². The molecule has 94 valence electrons. The second kappa shape index (κ2) is 5.17. The fourth-order valence-electron chi connectivity index (χ4n) is 2.63. The Bertz CT molecular complexity index is 389. The summed E-state index contributed by atoms with van der Waals surface area (Å²) in [6, 6.07) is 3.29. The Morgan fingerprint density at radius 2 is 1.94 bits per heavy atom. The van der Waals surface area contributed by atoms with Crippen molar-refractivity contribution in [3.63, 3.8) is 0 Å². The lowest BCUT2D eigenvalue weighted by Gasteiger charge is -2.30. The molecule has 0 aromatic carbocycles. The van der Waals surface area contributed by atoms with Crippen molar-refractivity contribution >= 4 is 17.7 Å². The highest BCUT2D eigenvalue weighted by molar-refractivity contribution is 7.99. The highest BCUT2D eigenvalue weighted by Crippen LogP contribution is 2.39. The average Bonchev–Trinajstić information content (AvgIpc) is 2.64. The lowest BCUT2D eigenvalue weighted by atomic mass is 9.83.